The molecule has 1 aromatic rings. The van der Waals surface area contributed by atoms with Gasteiger partial charge in [-0.15, -0.1) is 0 Å². The monoisotopic (exact) mass is 272 g/mol. The van der Waals surface area contributed by atoms with Gasteiger partial charge in [-0.05, 0) is 45.0 Å². The zero-order chi connectivity index (χ0) is 13.8. The summed E-state index contributed by atoms with van der Waals surface area (Å²) in [6.07, 6.45) is 0. The van der Waals surface area contributed by atoms with Crippen LogP contribution in [0.1, 0.15) is 20.8 Å². The number of hydrogen-bond acceptors (Lipinski definition) is 4. The lowest BCUT2D eigenvalue weighted by Crippen LogP contribution is -2.38. The topological polar surface area (TPSA) is 81.4 Å². The fourth-order valence-electron chi connectivity index (χ4n) is 1.32. The Hall–Kier alpha value is -1.11. The molecule has 0 heterocycles. The first-order valence-electron chi connectivity index (χ1n) is 5.69. The Kier molecular flexibility index (Phi) is 4.72. The third-order valence-corrected chi connectivity index (χ3v) is 3.11. The highest BCUT2D eigenvalue weighted by Crippen LogP contribution is 2.14. The molecule has 6 heteroatoms. The highest BCUT2D eigenvalue weighted by molar-refractivity contribution is 7.89. The highest BCUT2D eigenvalue weighted by Gasteiger charge is 2.08. The molecular weight excluding hydrogens is 252 g/mol. The van der Waals surface area contributed by atoms with Crippen molar-refractivity contribution in [3.8, 4) is 5.75 Å². The molecule has 0 aliphatic carbocycles. The summed E-state index contributed by atoms with van der Waals surface area (Å²) < 4.78 is 27.6. The Morgan fingerprint density at radius 3 is 2.22 bits per heavy atom. The Morgan fingerprint density at radius 1 is 1.22 bits per heavy atom. The summed E-state index contributed by atoms with van der Waals surface area (Å²) in [5, 5.41) is 8.28. The van der Waals surface area contributed by atoms with Crippen molar-refractivity contribution in [1.29, 1.82) is 0 Å². The van der Waals surface area contributed by atoms with Gasteiger partial charge >= 0.3 is 0 Å². The Labute approximate surface area is 108 Å². The van der Waals surface area contributed by atoms with Crippen molar-refractivity contribution in [2.24, 2.45) is 5.14 Å². The summed E-state index contributed by atoms with van der Waals surface area (Å²) in [4.78, 5) is 0.0858. The van der Waals surface area contributed by atoms with Gasteiger partial charge in [0.25, 0.3) is 0 Å². The molecular formula is C12H20N2O3S. The van der Waals surface area contributed by atoms with Gasteiger partial charge in [-0.25, -0.2) is 13.6 Å². The minimum absolute atomic E-state index is 0.0564. The third-order valence-electron chi connectivity index (χ3n) is 2.18. The van der Waals surface area contributed by atoms with Crippen molar-refractivity contribution < 1.29 is 13.2 Å². The van der Waals surface area contributed by atoms with E-state index in [2.05, 4.69) is 26.1 Å². The standard InChI is InChI=1S/C12H20N2O3S/c1-12(2,3)14-8-9-17-10-4-6-11(7-5-10)18(13,15)16/h4-7,14H,8-9H2,1-3H3,(H2,13,15,16). The summed E-state index contributed by atoms with van der Waals surface area (Å²) in [5.74, 6) is 0.623. The zero-order valence-corrected chi connectivity index (χ0v) is 11.8. The molecule has 0 aromatic heterocycles. The van der Waals surface area contributed by atoms with Gasteiger partial charge in [0, 0.05) is 12.1 Å². The van der Waals surface area contributed by atoms with Gasteiger partial charge in [-0.1, -0.05) is 0 Å². The molecule has 0 radical (unpaired) electrons. The predicted octanol–water partition coefficient (Wildman–Crippen LogP) is 1.10. The van der Waals surface area contributed by atoms with Crippen LogP contribution in [0.4, 0.5) is 0 Å². The number of ether oxygens (including phenoxy) is 1. The van der Waals surface area contributed by atoms with E-state index >= 15 is 0 Å². The molecule has 0 spiro atoms. The number of primary sulfonamides is 1. The van der Waals surface area contributed by atoms with Gasteiger partial charge in [0.15, 0.2) is 0 Å². The molecule has 0 aliphatic heterocycles. The van der Waals surface area contributed by atoms with Gasteiger partial charge in [-0.3, -0.25) is 0 Å². The largest absolute Gasteiger partial charge is 0.492 e. The van der Waals surface area contributed by atoms with Crippen LogP contribution in [-0.2, 0) is 10.0 Å². The first kappa shape index (κ1) is 14.9. The summed E-state index contributed by atoms with van der Waals surface area (Å²) in [6.45, 7) is 7.47. The van der Waals surface area contributed by atoms with E-state index in [-0.39, 0.29) is 10.4 Å². The molecule has 1 rings (SSSR count). The molecule has 1 aromatic carbocycles. The average Bonchev–Trinajstić information content (AvgIpc) is 2.22. The second-order valence-corrected chi connectivity index (χ2v) is 6.60. The quantitative estimate of drug-likeness (QED) is 0.786. The van der Waals surface area contributed by atoms with Crippen LogP contribution < -0.4 is 15.2 Å². The van der Waals surface area contributed by atoms with E-state index < -0.39 is 10.0 Å². The maximum absolute atomic E-state index is 11.0. The van der Waals surface area contributed by atoms with Crippen molar-refractivity contribution in [2.75, 3.05) is 13.2 Å². The summed E-state index contributed by atoms with van der Waals surface area (Å²) in [7, 11) is -3.63. The van der Waals surface area contributed by atoms with E-state index in [9.17, 15) is 8.42 Å². The van der Waals surface area contributed by atoms with Crippen molar-refractivity contribution in [3.63, 3.8) is 0 Å². The Morgan fingerprint density at radius 2 is 1.78 bits per heavy atom. The van der Waals surface area contributed by atoms with E-state index in [0.29, 0.717) is 12.4 Å². The molecule has 0 unspecified atom stereocenters. The maximum atomic E-state index is 11.0. The van der Waals surface area contributed by atoms with Crippen LogP contribution in [0, 0.1) is 0 Å². The van der Waals surface area contributed by atoms with Crippen LogP contribution in [0.25, 0.3) is 0 Å². The van der Waals surface area contributed by atoms with Crippen molar-refractivity contribution in [2.45, 2.75) is 31.2 Å². The number of nitrogens with two attached hydrogens (primary N) is 1. The molecule has 0 aliphatic rings. The number of nitrogens with one attached hydrogen (secondary N) is 1. The summed E-state index contributed by atoms with van der Waals surface area (Å²) in [5.41, 5.74) is 0.0564. The second-order valence-electron chi connectivity index (χ2n) is 5.04. The molecule has 18 heavy (non-hydrogen) atoms. The van der Waals surface area contributed by atoms with Crippen LogP contribution in [0.3, 0.4) is 0 Å². The predicted molar refractivity (Wildman–Crippen MR) is 71.1 cm³/mol. The summed E-state index contributed by atoms with van der Waals surface area (Å²) in [6, 6.07) is 6.05. The van der Waals surface area contributed by atoms with Gasteiger partial charge in [-0.2, -0.15) is 0 Å². The van der Waals surface area contributed by atoms with Gasteiger partial charge in [0.2, 0.25) is 10.0 Å². The lowest BCUT2D eigenvalue weighted by Gasteiger charge is -2.20. The van der Waals surface area contributed by atoms with Crippen LogP contribution in [0.15, 0.2) is 29.2 Å². The SMILES string of the molecule is CC(C)(C)NCCOc1ccc(S(N)(=O)=O)cc1. The molecule has 0 saturated carbocycles. The van der Waals surface area contributed by atoms with Gasteiger partial charge < -0.3 is 10.1 Å². The smallest absolute Gasteiger partial charge is 0.238 e. The molecule has 0 atom stereocenters. The van der Waals surface area contributed by atoms with Gasteiger partial charge in [0.05, 0.1) is 4.90 Å². The minimum atomic E-state index is -3.63. The third kappa shape index (κ3) is 5.48. The summed E-state index contributed by atoms with van der Waals surface area (Å²) >= 11 is 0. The fourth-order valence-corrected chi connectivity index (χ4v) is 1.84. The molecule has 0 saturated heterocycles. The molecule has 0 bridgehead atoms. The highest BCUT2D eigenvalue weighted by atomic mass is 32.2. The van der Waals surface area contributed by atoms with Crippen molar-refractivity contribution in [3.05, 3.63) is 24.3 Å². The second kappa shape index (κ2) is 5.69. The number of hydrogen-bond donors (Lipinski definition) is 2. The first-order chi connectivity index (χ1) is 8.18. The average molecular weight is 272 g/mol. The Bertz CT molecular complexity index is 475. The molecule has 5 nitrogen and oxygen atoms in total. The first-order valence-corrected chi connectivity index (χ1v) is 7.24. The Balaban J connectivity index is 2.45. The maximum Gasteiger partial charge on any atom is 0.238 e. The lowest BCUT2D eigenvalue weighted by atomic mass is 10.1. The van der Waals surface area contributed by atoms with Crippen LogP contribution in [-0.4, -0.2) is 27.1 Å². The normalized spacial score (nSPS) is 12.4. The van der Waals surface area contributed by atoms with E-state index in [1.54, 1.807) is 12.1 Å². The van der Waals surface area contributed by atoms with E-state index in [0.717, 1.165) is 6.54 Å². The lowest BCUT2D eigenvalue weighted by molar-refractivity contribution is 0.291. The van der Waals surface area contributed by atoms with E-state index in [4.69, 9.17) is 9.88 Å². The van der Waals surface area contributed by atoms with E-state index in [1.807, 2.05) is 0 Å². The zero-order valence-electron chi connectivity index (χ0n) is 10.9. The number of rotatable bonds is 5. The molecule has 0 amide bonds. The van der Waals surface area contributed by atoms with Crippen molar-refractivity contribution in [1.82, 2.24) is 5.32 Å². The van der Waals surface area contributed by atoms with Crippen molar-refractivity contribution >= 4 is 10.0 Å². The number of sulfonamides is 1. The van der Waals surface area contributed by atoms with Crippen LogP contribution >= 0.6 is 0 Å². The molecule has 3 N–H and O–H groups in total. The fraction of sp³-hybridized carbons (Fsp3) is 0.500. The minimum Gasteiger partial charge on any atom is -0.492 e. The number of benzene rings is 1. The van der Waals surface area contributed by atoms with Crippen LogP contribution in [0.2, 0.25) is 0 Å². The van der Waals surface area contributed by atoms with E-state index in [1.165, 1.54) is 12.1 Å². The molecule has 102 valence electrons. The van der Waals surface area contributed by atoms with Crippen LogP contribution in [0.5, 0.6) is 5.75 Å². The molecule has 0 fully saturated rings. The van der Waals surface area contributed by atoms with Gasteiger partial charge in [0.1, 0.15) is 12.4 Å².